The third-order valence-electron chi connectivity index (χ3n) is 3.21. The average molecular weight is 238 g/mol. The van der Waals surface area contributed by atoms with Crippen LogP contribution >= 0.6 is 11.6 Å². The second-order valence-electron chi connectivity index (χ2n) is 4.89. The van der Waals surface area contributed by atoms with Gasteiger partial charge in [0.2, 0.25) is 5.91 Å². The van der Waals surface area contributed by atoms with E-state index >= 15 is 0 Å². The van der Waals surface area contributed by atoms with E-state index in [1.54, 1.807) is 0 Å². The van der Waals surface area contributed by atoms with Gasteiger partial charge >= 0.3 is 0 Å². The highest BCUT2D eigenvalue weighted by Gasteiger charge is 2.29. The Labute approximate surface area is 101 Å². The standard InChI is InChI=1S/C13H16ClNO/c1-13(7-6-12(16)15-9-13)8-10-2-4-11(14)5-3-10/h2-5H,6-9H2,1H3,(H,15,16). The van der Waals surface area contributed by atoms with Crippen LogP contribution in [-0.2, 0) is 11.2 Å². The number of nitrogens with one attached hydrogen (secondary N) is 1. The van der Waals surface area contributed by atoms with Crippen LogP contribution in [0.4, 0.5) is 0 Å². The first-order valence-corrected chi connectivity index (χ1v) is 5.96. The van der Waals surface area contributed by atoms with Gasteiger partial charge in [-0.05, 0) is 36.0 Å². The first-order chi connectivity index (χ1) is 7.57. The van der Waals surface area contributed by atoms with Crippen LogP contribution in [0.15, 0.2) is 24.3 Å². The number of carbonyl (C=O) groups excluding carboxylic acids is 1. The molecular formula is C13H16ClNO. The van der Waals surface area contributed by atoms with Crippen LogP contribution in [0.3, 0.4) is 0 Å². The molecule has 0 radical (unpaired) electrons. The van der Waals surface area contributed by atoms with Crippen LogP contribution in [0, 0.1) is 5.41 Å². The van der Waals surface area contributed by atoms with Crippen molar-refractivity contribution in [1.82, 2.24) is 5.32 Å². The predicted octanol–water partition coefficient (Wildman–Crippen LogP) is 2.80. The van der Waals surface area contributed by atoms with Gasteiger partial charge in [-0.25, -0.2) is 0 Å². The topological polar surface area (TPSA) is 29.1 Å². The zero-order valence-corrected chi connectivity index (χ0v) is 10.2. The molecule has 1 aromatic rings. The fraction of sp³-hybridized carbons (Fsp3) is 0.462. The van der Waals surface area contributed by atoms with Crippen LogP contribution < -0.4 is 5.32 Å². The van der Waals surface area contributed by atoms with Crippen LogP contribution in [0.25, 0.3) is 0 Å². The fourth-order valence-corrected chi connectivity index (χ4v) is 2.28. The van der Waals surface area contributed by atoms with Crippen LogP contribution in [-0.4, -0.2) is 12.5 Å². The maximum Gasteiger partial charge on any atom is 0.220 e. The molecule has 0 spiro atoms. The zero-order chi connectivity index (χ0) is 11.6. The van der Waals surface area contributed by atoms with Crippen molar-refractivity contribution >= 4 is 17.5 Å². The number of carbonyl (C=O) groups is 1. The Balaban J connectivity index is 2.03. The Kier molecular flexibility index (Phi) is 3.20. The summed E-state index contributed by atoms with van der Waals surface area (Å²) in [7, 11) is 0. The lowest BCUT2D eigenvalue weighted by Gasteiger charge is -2.33. The summed E-state index contributed by atoms with van der Waals surface area (Å²) in [6.45, 7) is 3.00. The third-order valence-corrected chi connectivity index (χ3v) is 3.46. The van der Waals surface area contributed by atoms with Crippen molar-refractivity contribution < 1.29 is 4.79 Å². The highest BCUT2D eigenvalue weighted by atomic mass is 35.5. The molecule has 0 aliphatic carbocycles. The zero-order valence-electron chi connectivity index (χ0n) is 9.42. The summed E-state index contributed by atoms with van der Waals surface area (Å²) in [6.07, 6.45) is 2.59. The molecule has 1 aromatic carbocycles. The first-order valence-electron chi connectivity index (χ1n) is 5.59. The van der Waals surface area contributed by atoms with Gasteiger partial charge in [-0.15, -0.1) is 0 Å². The highest BCUT2D eigenvalue weighted by Crippen LogP contribution is 2.30. The molecule has 3 heteroatoms. The van der Waals surface area contributed by atoms with E-state index in [9.17, 15) is 4.79 Å². The van der Waals surface area contributed by atoms with Gasteiger partial charge < -0.3 is 5.32 Å². The van der Waals surface area contributed by atoms with Crippen molar-refractivity contribution in [2.75, 3.05) is 6.54 Å². The molecular weight excluding hydrogens is 222 g/mol. The monoisotopic (exact) mass is 237 g/mol. The van der Waals surface area contributed by atoms with Gasteiger partial charge in [0.1, 0.15) is 0 Å². The summed E-state index contributed by atoms with van der Waals surface area (Å²) in [5, 5.41) is 3.71. The van der Waals surface area contributed by atoms with E-state index in [-0.39, 0.29) is 11.3 Å². The van der Waals surface area contributed by atoms with E-state index < -0.39 is 0 Å². The number of halogens is 1. The van der Waals surface area contributed by atoms with Crippen molar-refractivity contribution in [3.8, 4) is 0 Å². The van der Waals surface area contributed by atoms with Crippen molar-refractivity contribution in [2.45, 2.75) is 26.2 Å². The fourth-order valence-electron chi connectivity index (χ4n) is 2.15. The summed E-state index contributed by atoms with van der Waals surface area (Å²) in [5.74, 6) is 0.175. The van der Waals surface area contributed by atoms with Crippen molar-refractivity contribution in [3.05, 3.63) is 34.9 Å². The molecule has 1 unspecified atom stereocenters. The van der Waals surface area contributed by atoms with E-state index in [0.717, 1.165) is 24.4 Å². The number of piperidine rings is 1. The van der Waals surface area contributed by atoms with Crippen LogP contribution in [0.1, 0.15) is 25.3 Å². The molecule has 2 nitrogen and oxygen atoms in total. The molecule has 2 rings (SSSR count). The van der Waals surface area contributed by atoms with Crippen LogP contribution in [0.5, 0.6) is 0 Å². The Hall–Kier alpha value is -1.02. The smallest absolute Gasteiger partial charge is 0.220 e. The molecule has 1 aliphatic rings. The molecule has 1 atom stereocenters. The highest BCUT2D eigenvalue weighted by molar-refractivity contribution is 6.30. The normalized spacial score (nSPS) is 25.2. The summed E-state index contributed by atoms with van der Waals surface area (Å²) in [5.41, 5.74) is 1.46. The maximum absolute atomic E-state index is 11.1. The predicted molar refractivity (Wildman–Crippen MR) is 65.5 cm³/mol. The van der Waals surface area contributed by atoms with E-state index in [4.69, 9.17) is 11.6 Å². The first kappa shape index (κ1) is 11.5. The second kappa shape index (κ2) is 4.46. The van der Waals surface area contributed by atoms with Gasteiger partial charge in [-0.3, -0.25) is 4.79 Å². The Bertz CT molecular complexity index is 375. The van der Waals surface area contributed by atoms with E-state index in [2.05, 4.69) is 24.4 Å². The summed E-state index contributed by atoms with van der Waals surface area (Å²) < 4.78 is 0. The Morgan fingerprint density at radius 3 is 2.62 bits per heavy atom. The van der Waals surface area contributed by atoms with E-state index in [1.807, 2.05) is 12.1 Å². The lowest BCUT2D eigenvalue weighted by atomic mass is 9.77. The molecule has 0 bridgehead atoms. The van der Waals surface area contributed by atoms with Gasteiger partial charge in [-0.2, -0.15) is 0 Å². The van der Waals surface area contributed by atoms with Crippen molar-refractivity contribution in [1.29, 1.82) is 0 Å². The minimum atomic E-state index is 0.175. The Morgan fingerprint density at radius 2 is 2.06 bits per heavy atom. The van der Waals surface area contributed by atoms with E-state index in [1.165, 1.54) is 5.56 Å². The van der Waals surface area contributed by atoms with Gasteiger partial charge in [-0.1, -0.05) is 30.7 Å². The van der Waals surface area contributed by atoms with Crippen LogP contribution in [0.2, 0.25) is 5.02 Å². The van der Waals surface area contributed by atoms with Crippen molar-refractivity contribution in [3.63, 3.8) is 0 Å². The molecule has 1 amide bonds. The third kappa shape index (κ3) is 2.76. The molecule has 16 heavy (non-hydrogen) atoms. The molecule has 0 saturated carbocycles. The number of amides is 1. The molecule has 86 valence electrons. The molecule has 0 aromatic heterocycles. The number of hydrogen-bond acceptors (Lipinski definition) is 1. The van der Waals surface area contributed by atoms with Crippen molar-refractivity contribution in [2.24, 2.45) is 5.41 Å². The van der Waals surface area contributed by atoms with Gasteiger partial charge in [0.05, 0.1) is 0 Å². The Morgan fingerprint density at radius 1 is 1.38 bits per heavy atom. The lowest BCUT2D eigenvalue weighted by molar-refractivity contribution is -0.124. The molecule has 1 saturated heterocycles. The summed E-state index contributed by atoms with van der Waals surface area (Å²) in [4.78, 5) is 11.1. The molecule has 1 fully saturated rings. The minimum absolute atomic E-state index is 0.175. The molecule has 1 aliphatic heterocycles. The lowest BCUT2D eigenvalue weighted by Crippen LogP contribution is -2.42. The largest absolute Gasteiger partial charge is 0.356 e. The van der Waals surface area contributed by atoms with Gasteiger partial charge in [0.15, 0.2) is 0 Å². The summed E-state index contributed by atoms with van der Waals surface area (Å²) >= 11 is 5.85. The average Bonchev–Trinajstić information content (AvgIpc) is 2.27. The number of rotatable bonds is 2. The minimum Gasteiger partial charge on any atom is -0.356 e. The molecule has 1 N–H and O–H groups in total. The van der Waals surface area contributed by atoms with Gasteiger partial charge in [0, 0.05) is 18.0 Å². The quantitative estimate of drug-likeness (QED) is 0.842. The van der Waals surface area contributed by atoms with Gasteiger partial charge in [0.25, 0.3) is 0 Å². The number of benzene rings is 1. The number of hydrogen-bond donors (Lipinski definition) is 1. The molecule has 1 heterocycles. The summed E-state index contributed by atoms with van der Waals surface area (Å²) in [6, 6.07) is 7.96. The van der Waals surface area contributed by atoms with E-state index in [0.29, 0.717) is 6.42 Å². The second-order valence-corrected chi connectivity index (χ2v) is 5.33. The maximum atomic E-state index is 11.1. The SMILES string of the molecule is CC1(Cc2ccc(Cl)cc2)CCC(=O)NC1.